The lowest BCUT2D eigenvalue weighted by atomic mass is 9.56. The molecule has 1 spiro atoms. The van der Waals surface area contributed by atoms with E-state index >= 15 is 0 Å². The summed E-state index contributed by atoms with van der Waals surface area (Å²) in [5, 5.41) is 10.9. The van der Waals surface area contributed by atoms with Gasteiger partial charge >= 0.3 is 0 Å². The first kappa shape index (κ1) is 28.3. The summed E-state index contributed by atoms with van der Waals surface area (Å²) in [4.78, 5) is 11.1. The first-order valence-corrected chi connectivity index (χ1v) is 21.1. The van der Waals surface area contributed by atoms with Gasteiger partial charge in [-0.15, -0.1) is 0 Å². The molecule has 0 saturated heterocycles. The van der Waals surface area contributed by atoms with Gasteiger partial charge in [0.1, 0.15) is 11.2 Å². The largest absolute Gasteiger partial charge is 0.455 e. The molecule has 8 aliphatic rings. The Morgan fingerprint density at radius 2 is 1.36 bits per heavy atom. The molecule has 7 atom stereocenters. The molecule has 7 bridgehead atoms. The highest BCUT2D eigenvalue weighted by Crippen LogP contribution is 2.76. The van der Waals surface area contributed by atoms with Gasteiger partial charge in [-0.1, -0.05) is 45.0 Å². The highest BCUT2D eigenvalue weighted by atomic mass is 16.3. The zero-order chi connectivity index (χ0) is 34.4. The lowest BCUT2D eigenvalue weighted by Gasteiger charge is -2.48. The minimum absolute atomic E-state index is 0.0358. The van der Waals surface area contributed by atoms with Crippen molar-refractivity contribution in [1.82, 2.24) is 14.4 Å². The van der Waals surface area contributed by atoms with E-state index < -0.39 is 0 Å². The van der Waals surface area contributed by atoms with Gasteiger partial charge in [0.25, 0.3) is 0 Å². The molecule has 0 radical (unpaired) electrons. The Labute approximate surface area is 308 Å². The average molecular weight is 692 g/mol. The molecule has 5 fully saturated rings. The topological polar surface area (TPSA) is 43.3 Å². The van der Waals surface area contributed by atoms with Crippen molar-refractivity contribution in [1.29, 1.82) is 0 Å². The molecule has 5 aromatic heterocycles. The highest BCUT2D eigenvalue weighted by molar-refractivity contribution is 6.34. The maximum atomic E-state index is 7.39. The Hall–Kier alpha value is -4.18. The van der Waals surface area contributed by atoms with Crippen molar-refractivity contribution in [3.63, 3.8) is 0 Å². The quantitative estimate of drug-likeness (QED) is 0.117. The van der Waals surface area contributed by atoms with Crippen LogP contribution in [0.25, 0.3) is 70.8 Å². The molecule has 8 aromatic rings. The Morgan fingerprint density at radius 3 is 2.17 bits per heavy atom. The molecule has 7 unspecified atom stereocenters. The second kappa shape index (κ2) is 8.69. The third-order valence-electron chi connectivity index (χ3n) is 17.4. The normalized spacial score (nSPS) is 33.6. The fourth-order valence-corrected chi connectivity index (χ4v) is 15.8. The van der Waals surface area contributed by atoms with Crippen LogP contribution in [0, 0.1) is 29.1 Å². The molecule has 262 valence electrons. The smallest absolute Gasteiger partial charge is 0.145 e. The van der Waals surface area contributed by atoms with Crippen molar-refractivity contribution < 1.29 is 4.42 Å². The molecule has 0 aliphatic heterocycles. The van der Waals surface area contributed by atoms with Crippen LogP contribution in [0.5, 0.6) is 0 Å². The van der Waals surface area contributed by atoms with Gasteiger partial charge in [0.05, 0.1) is 34.3 Å². The number of pyridine rings is 2. The van der Waals surface area contributed by atoms with Crippen molar-refractivity contribution in [3.05, 3.63) is 76.9 Å². The summed E-state index contributed by atoms with van der Waals surface area (Å²) in [6.07, 6.45) is 18.3. The van der Waals surface area contributed by atoms with Gasteiger partial charge in [-0.25, -0.2) is 0 Å². The van der Waals surface area contributed by atoms with Crippen molar-refractivity contribution in [2.75, 3.05) is 0 Å². The number of aromatic nitrogens is 3. The Morgan fingerprint density at radius 1 is 0.642 bits per heavy atom. The molecule has 4 nitrogen and oxygen atoms in total. The van der Waals surface area contributed by atoms with Gasteiger partial charge < -0.3 is 8.82 Å². The van der Waals surface area contributed by atoms with Gasteiger partial charge in [-0.3, -0.25) is 9.97 Å². The van der Waals surface area contributed by atoms with Crippen LogP contribution in [0.1, 0.15) is 137 Å². The fourth-order valence-electron chi connectivity index (χ4n) is 15.8. The summed E-state index contributed by atoms with van der Waals surface area (Å²) >= 11 is 0. The maximum absolute atomic E-state index is 7.39. The molecular weight excluding hydrogens is 647 g/mol. The Bertz CT molecular complexity index is 3010. The summed E-state index contributed by atoms with van der Waals surface area (Å²) in [5.74, 6) is 6.02. The second-order valence-electron chi connectivity index (χ2n) is 20.6. The number of rotatable bonds is 0. The van der Waals surface area contributed by atoms with E-state index in [4.69, 9.17) is 14.4 Å². The van der Waals surface area contributed by atoms with Crippen LogP contribution in [0.4, 0.5) is 0 Å². The van der Waals surface area contributed by atoms with Crippen LogP contribution < -0.4 is 0 Å². The molecule has 5 heterocycles. The zero-order valence-electron chi connectivity index (χ0n) is 31.1. The van der Waals surface area contributed by atoms with E-state index in [0.29, 0.717) is 29.1 Å². The number of hydrogen-bond donors (Lipinski definition) is 0. The van der Waals surface area contributed by atoms with Crippen LogP contribution in [0.3, 0.4) is 0 Å². The van der Waals surface area contributed by atoms with E-state index in [2.05, 4.69) is 74.0 Å². The Balaban J connectivity index is 1.17. The minimum atomic E-state index is 0.0358. The summed E-state index contributed by atoms with van der Waals surface area (Å²) < 4.78 is 10.0. The van der Waals surface area contributed by atoms with Gasteiger partial charge in [0, 0.05) is 50.2 Å². The minimum Gasteiger partial charge on any atom is -0.455 e. The molecule has 53 heavy (non-hydrogen) atoms. The molecule has 4 heteroatoms. The SMILES string of the molecule is CC(C)(C)c1ccc2c3cc4c5c6c(ncc5n5c7cnc8c(c7c(c3oc3cccc1c32)c45)C1CC2CC(CC8C2)C1)C1CC2CC3CC6CC23C1. The summed E-state index contributed by atoms with van der Waals surface area (Å²) in [7, 11) is 0. The van der Waals surface area contributed by atoms with Crippen LogP contribution in [-0.4, -0.2) is 14.4 Å². The van der Waals surface area contributed by atoms with Crippen molar-refractivity contribution in [3.8, 4) is 0 Å². The van der Waals surface area contributed by atoms with Crippen molar-refractivity contribution in [2.24, 2.45) is 29.1 Å². The van der Waals surface area contributed by atoms with Crippen molar-refractivity contribution in [2.45, 2.75) is 114 Å². The van der Waals surface area contributed by atoms with E-state index in [1.807, 2.05) is 0 Å². The predicted molar refractivity (Wildman–Crippen MR) is 214 cm³/mol. The average Bonchev–Trinajstić information content (AvgIpc) is 3.78. The van der Waals surface area contributed by atoms with Crippen molar-refractivity contribution >= 4 is 70.8 Å². The first-order valence-electron chi connectivity index (χ1n) is 21.1. The first-order chi connectivity index (χ1) is 25.8. The predicted octanol–water partition coefficient (Wildman–Crippen LogP) is 12.8. The third-order valence-corrected chi connectivity index (χ3v) is 17.4. The number of hydrogen-bond acceptors (Lipinski definition) is 3. The van der Waals surface area contributed by atoms with E-state index in [1.54, 1.807) is 11.1 Å². The zero-order valence-corrected chi connectivity index (χ0v) is 31.1. The maximum Gasteiger partial charge on any atom is 0.145 e. The van der Waals surface area contributed by atoms with E-state index in [9.17, 15) is 0 Å². The van der Waals surface area contributed by atoms with Crippen LogP contribution >= 0.6 is 0 Å². The summed E-state index contributed by atoms with van der Waals surface area (Å²) in [6.45, 7) is 7.02. The number of nitrogens with zero attached hydrogens (tertiary/aromatic N) is 3. The molecule has 3 aromatic carbocycles. The number of benzene rings is 3. The van der Waals surface area contributed by atoms with Crippen LogP contribution in [0.15, 0.2) is 53.2 Å². The number of fused-ring (bicyclic) bond motifs is 15. The molecule has 8 aliphatic carbocycles. The van der Waals surface area contributed by atoms with E-state index in [-0.39, 0.29) is 5.41 Å². The van der Waals surface area contributed by atoms with E-state index in [0.717, 1.165) is 34.8 Å². The van der Waals surface area contributed by atoms with Crippen LogP contribution in [-0.2, 0) is 5.41 Å². The lowest BCUT2D eigenvalue weighted by molar-refractivity contribution is 0.00321. The fraction of sp³-hybridized carbons (Fsp3) is 0.469. The molecule has 5 saturated carbocycles. The molecule has 0 N–H and O–H groups in total. The molecule has 0 amide bonds. The molecular formula is C49H45N3O. The highest BCUT2D eigenvalue weighted by Gasteiger charge is 2.66. The summed E-state index contributed by atoms with van der Waals surface area (Å²) in [6, 6.07) is 14.2. The van der Waals surface area contributed by atoms with Crippen LogP contribution in [0.2, 0.25) is 0 Å². The van der Waals surface area contributed by atoms with E-state index in [1.165, 1.54) is 141 Å². The monoisotopic (exact) mass is 691 g/mol. The summed E-state index contributed by atoms with van der Waals surface area (Å²) in [5.41, 5.74) is 14.1. The second-order valence-corrected chi connectivity index (χ2v) is 20.6. The Kier molecular flexibility index (Phi) is 4.64. The van der Waals surface area contributed by atoms with Gasteiger partial charge in [0.15, 0.2) is 0 Å². The standard InChI is InChI=1S/C49H45N3O/c1-48(2,3)34-8-7-30-32-17-33-41-35(20-51-45-27-15-29-16-28-14-26(39(41)45)18-49(28,29)19-27)52-36-21-50-44-25-12-22-9-23(13-25)11-24(10-22)38(44)42(36)43(46(33)52)47(32)53-37-6-4-5-31(34)40(30)37/h4-8,17,20-29H,9-16,18-19H2,1-3H3. The molecule has 16 rings (SSSR count). The third kappa shape index (κ3) is 3.07. The van der Waals surface area contributed by atoms with Gasteiger partial charge in [0.2, 0.25) is 0 Å². The van der Waals surface area contributed by atoms with Gasteiger partial charge in [-0.2, -0.15) is 0 Å². The van der Waals surface area contributed by atoms with Gasteiger partial charge in [-0.05, 0) is 150 Å². The lowest BCUT2D eigenvalue weighted by Crippen LogP contribution is -2.41.